The molecule has 0 heterocycles. The van der Waals surface area contributed by atoms with Gasteiger partial charge in [0, 0.05) is 34.7 Å². The minimum absolute atomic E-state index is 0.587. The summed E-state index contributed by atoms with van der Waals surface area (Å²) < 4.78 is 0. The van der Waals surface area contributed by atoms with Gasteiger partial charge < -0.3 is 4.90 Å². The van der Waals surface area contributed by atoms with Crippen molar-refractivity contribution in [3.8, 4) is 0 Å². The van der Waals surface area contributed by atoms with Crippen molar-refractivity contribution >= 4 is 23.2 Å². The molecule has 6 rings (SSSR count). The van der Waals surface area contributed by atoms with E-state index in [1.165, 1.54) is 87.5 Å². The number of allylic oxidation sites excluding steroid dienone is 1. The number of benzene rings is 1. The van der Waals surface area contributed by atoms with E-state index in [1.54, 1.807) is 0 Å². The van der Waals surface area contributed by atoms with Gasteiger partial charge in [-0.15, -0.1) is 0 Å². The molecule has 5 aliphatic rings. The molecular formula is C28H39Cl2N. The van der Waals surface area contributed by atoms with E-state index < -0.39 is 0 Å². The summed E-state index contributed by atoms with van der Waals surface area (Å²) in [6.07, 6.45) is 15.8. The predicted molar refractivity (Wildman–Crippen MR) is 133 cm³/mol. The molecule has 0 aromatic heterocycles. The van der Waals surface area contributed by atoms with Gasteiger partial charge in [-0.25, -0.2) is 0 Å². The first-order chi connectivity index (χ1) is 15.0. The van der Waals surface area contributed by atoms with Gasteiger partial charge in [0.05, 0.1) is 0 Å². The van der Waals surface area contributed by atoms with Crippen LogP contribution >= 0.6 is 23.2 Å². The number of hydrogen-bond donors (Lipinski definition) is 0. The van der Waals surface area contributed by atoms with Crippen LogP contribution in [0.4, 0.5) is 0 Å². The Kier molecular flexibility index (Phi) is 6.64. The second-order valence-corrected chi connectivity index (χ2v) is 12.0. The van der Waals surface area contributed by atoms with E-state index >= 15 is 0 Å². The Morgan fingerprint density at radius 2 is 1.52 bits per heavy atom. The molecule has 170 valence electrons. The minimum atomic E-state index is 0.587. The van der Waals surface area contributed by atoms with Gasteiger partial charge in [-0.1, -0.05) is 56.0 Å². The maximum atomic E-state index is 6.97. The molecule has 3 heteroatoms. The maximum Gasteiger partial charge on any atom is 0.0458 e. The normalized spacial score (nSPS) is 32.4. The van der Waals surface area contributed by atoms with Gasteiger partial charge in [0.25, 0.3) is 0 Å². The largest absolute Gasteiger partial charge is 0.372 e. The van der Waals surface area contributed by atoms with E-state index in [4.69, 9.17) is 23.2 Å². The third-order valence-electron chi connectivity index (χ3n) is 8.99. The van der Waals surface area contributed by atoms with Crippen molar-refractivity contribution in [1.82, 2.24) is 4.90 Å². The van der Waals surface area contributed by atoms with E-state index in [1.807, 2.05) is 0 Å². The van der Waals surface area contributed by atoms with Crippen LogP contribution in [-0.4, -0.2) is 17.5 Å². The number of halogens is 2. The first-order valence-electron chi connectivity index (χ1n) is 13.0. The average Bonchev–Trinajstić information content (AvgIpc) is 2.73. The number of nitrogens with zero attached hydrogens (tertiary/aromatic N) is 1. The molecule has 5 saturated carbocycles. The molecule has 4 bridgehead atoms. The highest BCUT2D eigenvalue weighted by molar-refractivity contribution is 6.36. The molecule has 0 amide bonds. The monoisotopic (exact) mass is 459 g/mol. The van der Waals surface area contributed by atoms with Crippen LogP contribution in [0.15, 0.2) is 24.4 Å². The molecule has 31 heavy (non-hydrogen) atoms. The lowest BCUT2D eigenvalue weighted by Gasteiger charge is -2.55. The second kappa shape index (κ2) is 9.30. The van der Waals surface area contributed by atoms with Crippen LogP contribution in [0.3, 0.4) is 0 Å². The van der Waals surface area contributed by atoms with Crippen LogP contribution in [0, 0.1) is 23.7 Å². The number of hydrogen-bond acceptors (Lipinski definition) is 1. The number of rotatable bonds is 7. The van der Waals surface area contributed by atoms with Crippen LogP contribution in [0.1, 0.15) is 94.6 Å². The molecule has 5 fully saturated rings. The molecule has 5 aliphatic carbocycles. The summed E-state index contributed by atoms with van der Waals surface area (Å²) >= 11 is 13.9. The van der Waals surface area contributed by atoms with Gasteiger partial charge in [0.15, 0.2) is 0 Å². The van der Waals surface area contributed by atoms with Gasteiger partial charge in [-0.05, 0) is 104 Å². The van der Waals surface area contributed by atoms with Crippen LogP contribution < -0.4 is 0 Å². The predicted octanol–water partition coefficient (Wildman–Crippen LogP) is 8.63. The molecular weight excluding hydrogens is 421 g/mol. The molecule has 0 radical (unpaired) electrons. The maximum absolute atomic E-state index is 6.97. The molecule has 0 unspecified atom stereocenters. The van der Waals surface area contributed by atoms with Crippen LogP contribution in [0.25, 0.3) is 0 Å². The van der Waals surface area contributed by atoms with E-state index in [-0.39, 0.29) is 0 Å². The topological polar surface area (TPSA) is 3.24 Å². The van der Waals surface area contributed by atoms with Crippen molar-refractivity contribution < 1.29 is 0 Å². The smallest absolute Gasteiger partial charge is 0.0458 e. The van der Waals surface area contributed by atoms with E-state index in [9.17, 15) is 0 Å². The van der Waals surface area contributed by atoms with Crippen molar-refractivity contribution in [1.29, 1.82) is 0 Å². The minimum Gasteiger partial charge on any atom is -0.372 e. The van der Waals surface area contributed by atoms with Gasteiger partial charge in [-0.2, -0.15) is 0 Å². The zero-order valence-corrected chi connectivity index (χ0v) is 20.7. The first-order valence-corrected chi connectivity index (χ1v) is 13.7. The Labute approximate surface area is 199 Å². The second-order valence-electron chi connectivity index (χ2n) is 11.2. The molecule has 0 atom stereocenters. The Balaban J connectivity index is 1.34. The summed E-state index contributed by atoms with van der Waals surface area (Å²) in [5.41, 5.74) is 3.73. The molecule has 0 aliphatic heterocycles. The van der Waals surface area contributed by atoms with Gasteiger partial charge in [0.1, 0.15) is 0 Å². The molecule has 1 nitrogen and oxygen atoms in total. The molecule has 0 spiro atoms. The summed E-state index contributed by atoms with van der Waals surface area (Å²) in [6.45, 7) is 7.90. The molecule has 0 saturated heterocycles. The molecule has 0 N–H and O–H groups in total. The fourth-order valence-corrected chi connectivity index (χ4v) is 8.81. The first kappa shape index (κ1) is 22.1. The fraction of sp³-hybridized carbons (Fsp3) is 0.714. The molecule has 1 aromatic rings. The van der Waals surface area contributed by atoms with Gasteiger partial charge in [-0.3, -0.25) is 0 Å². The summed E-state index contributed by atoms with van der Waals surface area (Å²) in [6, 6.07) is 5.09. The Bertz CT molecular complexity index is 758. The van der Waals surface area contributed by atoms with Crippen molar-refractivity contribution in [2.24, 2.45) is 23.7 Å². The van der Waals surface area contributed by atoms with Gasteiger partial charge >= 0.3 is 0 Å². The average molecular weight is 461 g/mol. The van der Waals surface area contributed by atoms with E-state index in [0.717, 1.165) is 46.7 Å². The summed E-state index contributed by atoms with van der Waals surface area (Å²) in [5, 5.41) is 1.82. The third kappa shape index (κ3) is 4.43. The standard InChI is InChI=1S/C28H39Cl2N/c1-3-9-31(24-7-5-4-6-8-24)18(2)10-19-16-25(29)28(26(30)17-19)27-22-12-20-11-21(14-22)15-23(27)13-20/h16-17,20-24,27H,2-15H2,1H3. The molecule has 1 aromatic carbocycles. The van der Waals surface area contributed by atoms with Crippen molar-refractivity contribution in [3.63, 3.8) is 0 Å². The third-order valence-corrected chi connectivity index (χ3v) is 9.62. The highest BCUT2D eigenvalue weighted by Gasteiger charge is 2.49. The van der Waals surface area contributed by atoms with E-state index in [2.05, 4.69) is 30.5 Å². The Morgan fingerprint density at radius 3 is 2.06 bits per heavy atom. The van der Waals surface area contributed by atoms with Crippen molar-refractivity contribution in [2.75, 3.05) is 6.54 Å². The van der Waals surface area contributed by atoms with Crippen molar-refractivity contribution in [3.05, 3.63) is 45.6 Å². The van der Waals surface area contributed by atoms with Crippen molar-refractivity contribution in [2.45, 2.75) is 95.9 Å². The summed E-state index contributed by atoms with van der Waals surface area (Å²) in [5.74, 6) is 4.15. The summed E-state index contributed by atoms with van der Waals surface area (Å²) in [7, 11) is 0. The van der Waals surface area contributed by atoms with Gasteiger partial charge in [0.2, 0.25) is 0 Å². The van der Waals surface area contributed by atoms with Crippen LogP contribution in [0.5, 0.6) is 0 Å². The van der Waals surface area contributed by atoms with Crippen LogP contribution in [-0.2, 0) is 6.42 Å². The highest BCUT2D eigenvalue weighted by Crippen LogP contribution is 2.61. The Morgan fingerprint density at radius 1 is 0.935 bits per heavy atom. The Hall–Kier alpha value is -0.660. The summed E-state index contributed by atoms with van der Waals surface area (Å²) in [4.78, 5) is 2.59. The lowest BCUT2D eigenvalue weighted by Crippen LogP contribution is -2.44. The zero-order chi connectivity index (χ0) is 21.5. The van der Waals surface area contributed by atoms with E-state index in [0.29, 0.717) is 12.0 Å². The zero-order valence-electron chi connectivity index (χ0n) is 19.2. The fourth-order valence-electron chi connectivity index (χ4n) is 8.02. The van der Waals surface area contributed by atoms with Crippen LogP contribution in [0.2, 0.25) is 10.0 Å². The quantitative estimate of drug-likeness (QED) is 0.394. The lowest BCUT2D eigenvalue weighted by atomic mass is 9.50. The highest BCUT2D eigenvalue weighted by atomic mass is 35.5. The SMILES string of the molecule is C=C(Cc1cc(Cl)c(C2C3CC4CC(C3)CC2C4)c(Cl)c1)N(CCC)C1CCCCC1. The lowest BCUT2D eigenvalue weighted by molar-refractivity contribution is -0.00272.